The van der Waals surface area contributed by atoms with Gasteiger partial charge in [-0.25, -0.2) is 0 Å². The number of nitro groups is 1. The van der Waals surface area contributed by atoms with Gasteiger partial charge in [-0.2, -0.15) is 0 Å². The first-order chi connectivity index (χ1) is 10.1. The van der Waals surface area contributed by atoms with Gasteiger partial charge in [0.05, 0.1) is 4.92 Å². The number of non-ortho nitro benzene ring substituents is 1. The lowest BCUT2D eigenvalue weighted by atomic mass is 10.0. The molecule has 0 unspecified atom stereocenters. The molecule has 0 atom stereocenters. The van der Waals surface area contributed by atoms with Crippen molar-refractivity contribution in [2.24, 2.45) is 0 Å². The minimum Gasteiger partial charge on any atom is -0.360 e. The van der Waals surface area contributed by atoms with E-state index < -0.39 is 4.92 Å². The second-order valence-electron chi connectivity index (χ2n) is 4.50. The van der Waals surface area contributed by atoms with Gasteiger partial charge in [-0.15, -0.1) is 0 Å². The molecule has 6 heteroatoms. The molecule has 3 aromatic rings. The van der Waals surface area contributed by atoms with Gasteiger partial charge in [-0.1, -0.05) is 12.1 Å². The number of aromatic amines is 1. The van der Waals surface area contributed by atoms with Crippen molar-refractivity contribution in [2.45, 2.75) is 0 Å². The third-order valence-electron chi connectivity index (χ3n) is 3.24. The van der Waals surface area contributed by atoms with E-state index in [9.17, 15) is 14.9 Å². The molecule has 0 saturated carbocycles. The normalized spacial score (nSPS) is 10.7. The van der Waals surface area contributed by atoms with E-state index in [2.05, 4.69) is 27.6 Å². The summed E-state index contributed by atoms with van der Waals surface area (Å²) in [5.41, 5.74) is 1.71. The number of nitrogens with zero attached hydrogens (tertiary/aromatic N) is 1. The summed E-state index contributed by atoms with van der Waals surface area (Å²) in [6.45, 7) is 0. The number of ketones is 1. The van der Waals surface area contributed by atoms with Crippen LogP contribution in [0.1, 0.15) is 15.9 Å². The van der Waals surface area contributed by atoms with E-state index in [4.69, 9.17) is 0 Å². The zero-order valence-electron chi connectivity index (χ0n) is 10.7. The maximum absolute atomic E-state index is 12.6. The number of rotatable bonds is 3. The van der Waals surface area contributed by atoms with Crippen molar-refractivity contribution in [3.05, 3.63) is 73.5 Å². The summed E-state index contributed by atoms with van der Waals surface area (Å²) in [6.07, 6.45) is 1.60. The molecule has 0 bridgehead atoms. The average Bonchev–Trinajstić information content (AvgIpc) is 2.90. The Morgan fingerprint density at radius 1 is 1.14 bits per heavy atom. The van der Waals surface area contributed by atoms with Crippen LogP contribution in [-0.4, -0.2) is 15.7 Å². The topological polar surface area (TPSA) is 76.0 Å². The van der Waals surface area contributed by atoms with Crippen LogP contribution in [0.15, 0.2) is 48.7 Å². The van der Waals surface area contributed by atoms with Crippen LogP contribution in [0.2, 0.25) is 0 Å². The second kappa shape index (κ2) is 5.28. The molecule has 0 fully saturated rings. The Hall–Kier alpha value is -2.22. The van der Waals surface area contributed by atoms with Crippen molar-refractivity contribution in [3.63, 3.8) is 0 Å². The highest BCUT2D eigenvalue weighted by Crippen LogP contribution is 2.26. The second-order valence-corrected chi connectivity index (χ2v) is 5.66. The number of halogens is 1. The van der Waals surface area contributed by atoms with E-state index >= 15 is 0 Å². The highest BCUT2D eigenvalue weighted by atomic mass is 127. The molecule has 2 aromatic carbocycles. The number of hydrogen-bond acceptors (Lipinski definition) is 3. The largest absolute Gasteiger partial charge is 0.360 e. The molecule has 0 aliphatic heterocycles. The predicted octanol–water partition coefficient (Wildman–Crippen LogP) is 3.91. The maximum Gasteiger partial charge on any atom is 0.270 e. The predicted molar refractivity (Wildman–Crippen MR) is 87.5 cm³/mol. The lowest BCUT2D eigenvalue weighted by Gasteiger charge is -2.02. The zero-order chi connectivity index (χ0) is 15.0. The number of nitro benzene ring substituents is 1. The average molecular weight is 392 g/mol. The van der Waals surface area contributed by atoms with Crippen molar-refractivity contribution < 1.29 is 9.72 Å². The molecule has 0 radical (unpaired) electrons. The van der Waals surface area contributed by atoms with Crippen molar-refractivity contribution in [1.29, 1.82) is 0 Å². The lowest BCUT2D eigenvalue weighted by Crippen LogP contribution is -2.02. The Morgan fingerprint density at radius 3 is 2.62 bits per heavy atom. The Balaban J connectivity index is 2.16. The molecule has 3 rings (SSSR count). The van der Waals surface area contributed by atoms with Crippen molar-refractivity contribution in [1.82, 2.24) is 4.98 Å². The fraction of sp³-hybridized carbons (Fsp3) is 0. The van der Waals surface area contributed by atoms with Gasteiger partial charge in [0.15, 0.2) is 5.78 Å². The molecule has 0 aliphatic carbocycles. The monoisotopic (exact) mass is 392 g/mol. The molecule has 0 saturated heterocycles. The zero-order valence-corrected chi connectivity index (χ0v) is 12.8. The third-order valence-corrected chi connectivity index (χ3v) is 4.18. The molecular weight excluding hydrogens is 383 g/mol. The van der Waals surface area contributed by atoms with Crippen LogP contribution in [-0.2, 0) is 0 Å². The first-order valence-corrected chi connectivity index (χ1v) is 7.20. The quantitative estimate of drug-likeness (QED) is 0.318. The van der Waals surface area contributed by atoms with Crippen LogP contribution in [0.3, 0.4) is 0 Å². The van der Waals surface area contributed by atoms with Crippen LogP contribution in [0.4, 0.5) is 5.69 Å². The van der Waals surface area contributed by atoms with Crippen LogP contribution in [0.5, 0.6) is 0 Å². The van der Waals surface area contributed by atoms with E-state index in [0.29, 0.717) is 22.0 Å². The molecule has 0 aliphatic rings. The third kappa shape index (κ3) is 2.42. The minimum atomic E-state index is -0.465. The van der Waals surface area contributed by atoms with E-state index in [1.54, 1.807) is 24.4 Å². The first kappa shape index (κ1) is 13.7. The van der Waals surface area contributed by atoms with E-state index in [1.807, 2.05) is 12.1 Å². The molecule has 1 N–H and O–H groups in total. The van der Waals surface area contributed by atoms with Crippen LogP contribution in [0.25, 0.3) is 10.9 Å². The van der Waals surface area contributed by atoms with Crippen LogP contribution >= 0.6 is 22.6 Å². The summed E-state index contributed by atoms with van der Waals surface area (Å²) in [7, 11) is 0. The molecule has 5 nitrogen and oxygen atoms in total. The molecule has 0 amide bonds. The van der Waals surface area contributed by atoms with Gasteiger partial charge < -0.3 is 4.98 Å². The summed E-state index contributed by atoms with van der Waals surface area (Å²) in [6, 6.07) is 11.7. The number of nitrogens with one attached hydrogen (secondary N) is 1. The Bertz CT molecular complexity index is 870. The number of aromatic nitrogens is 1. The van der Waals surface area contributed by atoms with E-state index in [0.717, 1.165) is 3.57 Å². The first-order valence-electron chi connectivity index (χ1n) is 6.12. The summed E-state index contributed by atoms with van der Waals surface area (Å²) in [5.74, 6) is -0.147. The number of hydrogen-bond donors (Lipinski definition) is 1. The Kier molecular flexibility index (Phi) is 3.46. The minimum absolute atomic E-state index is 0.0288. The summed E-state index contributed by atoms with van der Waals surface area (Å²) in [5, 5.41) is 11.4. The highest BCUT2D eigenvalue weighted by molar-refractivity contribution is 14.1. The number of carbonyl (C=O) groups is 1. The Morgan fingerprint density at radius 2 is 1.90 bits per heavy atom. The van der Waals surface area contributed by atoms with Crippen molar-refractivity contribution in [2.75, 3.05) is 0 Å². The van der Waals surface area contributed by atoms with Gasteiger partial charge in [0.1, 0.15) is 0 Å². The summed E-state index contributed by atoms with van der Waals surface area (Å²) < 4.78 is 0.847. The fourth-order valence-corrected chi connectivity index (χ4v) is 2.83. The standard InChI is InChI=1S/C15H9IN2O3/c16-13-4-2-1-3-10(13)15(19)12-8-17-14-6-5-9(18(20)21)7-11(12)14/h1-8,17H. The van der Waals surface area contributed by atoms with Crippen LogP contribution < -0.4 is 0 Å². The maximum atomic E-state index is 12.6. The summed E-state index contributed by atoms with van der Waals surface area (Å²) in [4.78, 5) is 26.0. The molecule has 1 aromatic heterocycles. The Labute approximate surface area is 133 Å². The molecular formula is C15H9IN2O3. The molecule has 1 heterocycles. The SMILES string of the molecule is O=C(c1ccccc1I)c1c[nH]c2ccc([N+](=O)[O-])cc12. The number of carbonyl (C=O) groups excluding carboxylic acids is 1. The smallest absolute Gasteiger partial charge is 0.270 e. The van der Waals surface area contributed by atoms with Gasteiger partial charge in [0.25, 0.3) is 5.69 Å². The van der Waals surface area contributed by atoms with Crippen molar-refractivity contribution in [3.8, 4) is 0 Å². The van der Waals surface area contributed by atoms with Gasteiger partial charge in [0, 0.05) is 43.9 Å². The number of fused-ring (bicyclic) bond motifs is 1. The summed E-state index contributed by atoms with van der Waals surface area (Å²) >= 11 is 2.10. The number of H-pyrrole nitrogens is 1. The highest BCUT2D eigenvalue weighted by Gasteiger charge is 2.18. The molecule has 104 valence electrons. The van der Waals surface area contributed by atoms with Gasteiger partial charge in [-0.05, 0) is 40.8 Å². The van der Waals surface area contributed by atoms with E-state index in [-0.39, 0.29) is 11.5 Å². The van der Waals surface area contributed by atoms with E-state index in [1.165, 1.54) is 12.1 Å². The van der Waals surface area contributed by atoms with Gasteiger partial charge >= 0.3 is 0 Å². The molecule has 21 heavy (non-hydrogen) atoms. The molecule has 0 spiro atoms. The lowest BCUT2D eigenvalue weighted by molar-refractivity contribution is -0.384. The van der Waals surface area contributed by atoms with Crippen LogP contribution in [0, 0.1) is 13.7 Å². The number of benzene rings is 2. The van der Waals surface area contributed by atoms with Gasteiger partial charge in [0.2, 0.25) is 0 Å². The van der Waals surface area contributed by atoms with Gasteiger partial charge in [-0.3, -0.25) is 14.9 Å². The van der Waals surface area contributed by atoms with Crippen molar-refractivity contribution >= 4 is 45.0 Å². The fourth-order valence-electron chi connectivity index (χ4n) is 2.20.